The summed E-state index contributed by atoms with van der Waals surface area (Å²) in [6.45, 7) is 0. The average Bonchev–Trinajstić information content (AvgIpc) is 1.98. The third kappa shape index (κ3) is 4.95. The van der Waals surface area contributed by atoms with Crippen LogP contribution in [0.2, 0.25) is 0 Å². The minimum atomic E-state index is -2.18. The lowest BCUT2D eigenvalue weighted by atomic mass is 10.3. The van der Waals surface area contributed by atoms with Gasteiger partial charge in [-0.05, 0) is 6.42 Å². The summed E-state index contributed by atoms with van der Waals surface area (Å²) in [5.41, 5.74) is 5.29. The molecular weight excluding hydrogens is 169 g/mol. The molecule has 0 amide bonds. The van der Waals surface area contributed by atoms with Gasteiger partial charge in [0.25, 0.3) is 0 Å². The van der Waals surface area contributed by atoms with Crippen molar-refractivity contribution >= 4 is 13.8 Å². The van der Waals surface area contributed by atoms with E-state index in [2.05, 4.69) is 0 Å². The third-order valence-electron chi connectivity index (χ3n) is 1.24. The molecule has 0 saturated heterocycles. The van der Waals surface area contributed by atoms with Crippen LogP contribution in [0.3, 0.4) is 0 Å². The van der Waals surface area contributed by atoms with Gasteiger partial charge in [0.1, 0.15) is 7.80 Å². The Morgan fingerprint density at radius 3 is 2.55 bits per heavy atom. The van der Waals surface area contributed by atoms with Crippen LogP contribution < -0.4 is 5.73 Å². The number of carboxylic acids is 1. The largest absolute Gasteiger partial charge is 0.481 e. The van der Waals surface area contributed by atoms with Crippen LogP contribution in [-0.4, -0.2) is 28.3 Å². The number of aliphatic hydroxyl groups excluding tert-OH is 1. The molecule has 0 aromatic carbocycles. The Morgan fingerprint density at radius 2 is 2.18 bits per heavy atom. The molecule has 0 radical (unpaired) electrons. The first kappa shape index (κ1) is 10.6. The Morgan fingerprint density at radius 1 is 1.64 bits per heavy atom. The van der Waals surface area contributed by atoms with Gasteiger partial charge in [-0.1, -0.05) is 0 Å². The smallest absolute Gasteiger partial charge is 0.303 e. The van der Waals surface area contributed by atoms with E-state index in [9.17, 15) is 9.36 Å². The lowest BCUT2D eigenvalue weighted by Gasteiger charge is -2.06. The summed E-state index contributed by atoms with van der Waals surface area (Å²) >= 11 is 0. The normalized spacial score (nSPS) is 15.8. The molecule has 4 N–H and O–H groups in total. The summed E-state index contributed by atoms with van der Waals surface area (Å²) in [7, 11) is -2.18. The average molecular weight is 181 g/mol. The molecule has 0 saturated carbocycles. The zero-order valence-electron chi connectivity index (χ0n) is 5.99. The van der Waals surface area contributed by atoms with Gasteiger partial charge in [-0.2, -0.15) is 0 Å². The van der Waals surface area contributed by atoms with Crippen molar-refractivity contribution in [1.29, 1.82) is 0 Å². The summed E-state index contributed by atoms with van der Waals surface area (Å²) in [5.74, 6) is -1.63. The highest BCUT2D eigenvalue weighted by Crippen LogP contribution is 2.25. The lowest BCUT2D eigenvalue weighted by molar-refractivity contribution is -0.137. The van der Waals surface area contributed by atoms with E-state index in [0.717, 1.165) is 0 Å². The highest BCUT2D eigenvalue weighted by Gasteiger charge is 2.11. The number of aliphatic hydroxyl groups is 1. The number of carbonyl (C=O) groups is 1. The Bertz CT molecular complexity index is 161. The highest BCUT2D eigenvalue weighted by molar-refractivity contribution is 7.45. The van der Waals surface area contributed by atoms with Crippen molar-refractivity contribution in [3.05, 3.63) is 0 Å². The molecule has 5 nitrogen and oxygen atoms in total. The molecule has 0 aliphatic carbocycles. The predicted molar refractivity (Wildman–Crippen MR) is 40.9 cm³/mol. The molecule has 66 valence electrons. The van der Waals surface area contributed by atoms with Crippen LogP contribution in [0.1, 0.15) is 12.8 Å². The SMILES string of the molecule is NC(CCC(=O)O)[PH](=O)CO. The second kappa shape index (κ2) is 5.29. The fourth-order valence-electron chi connectivity index (χ4n) is 0.557. The van der Waals surface area contributed by atoms with Crippen molar-refractivity contribution in [1.82, 2.24) is 0 Å². The highest BCUT2D eigenvalue weighted by atomic mass is 31.1. The van der Waals surface area contributed by atoms with Crippen molar-refractivity contribution in [3.8, 4) is 0 Å². The summed E-state index contributed by atoms with van der Waals surface area (Å²) in [6, 6.07) is 0. The molecule has 0 aliphatic rings. The Balaban J connectivity index is 3.60. The Hall–Kier alpha value is -0.380. The molecule has 2 unspecified atom stereocenters. The quantitative estimate of drug-likeness (QED) is 0.503. The maximum Gasteiger partial charge on any atom is 0.303 e. The van der Waals surface area contributed by atoms with Gasteiger partial charge in [-0.25, -0.2) is 0 Å². The topological polar surface area (TPSA) is 101 Å². The van der Waals surface area contributed by atoms with Crippen LogP contribution in [0.15, 0.2) is 0 Å². The first-order valence-electron chi connectivity index (χ1n) is 3.19. The maximum atomic E-state index is 10.7. The van der Waals surface area contributed by atoms with Gasteiger partial charge in [0.2, 0.25) is 0 Å². The van der Waals surface area contributed by atoms with Crippen LogP contribution in [0.5, 0.6) is 0 Å². The fourth-order valence-corrected chi connectivity index (χ4v) is 1.26. The van der Waals surface area contributed by atoms with E-state index < -0.39 is 25.9 Å². The zero-order valence-corrected chi connectivity index (χ0v) is 6.99. The van der Waals surface area contributed by atoms with Gasteiger partial charge in [0.15, 0.2) is 0 Å². The standard InChI is InChI=1S/C5H12NO4P/c6-4(11(10)3-7)1-2-5(8)9/h4,7,11H,1-3,6H2,(H,8,9). The monoisotopic (exact) mass is 181 g/mol. The molecule has 0 rings (SSSR count). The van der Waals surface area contributed by atoms with Crippen molar-refractivity contribution in [2.45, 2.75) is 18.6 Å². The molecule has 0 fully saturated rings. The molecule has 0 bridgehead atoms. The Kier molecular flexibility index (Phi) is 5.11. The maximum absolute atomic E-state index is 10.7. The van der Waals surface area contributed by atoms with Crippen molar-refractivity contribution in [3.63, 3.8) is 0 Å². The third-order valence-corrected chi connectivity index (χ3v) is 2.67. The summed E-state index contributed by atoms with van der Waals surface area (Å²) in [5, 5.41) is 16.6. The molecule has 0 aromatic rings. The minimum absolute atomic E-state index is 0.0996. The second-order valence-corrected chi connectivity index (χ2v) is 4.15. The number of nitrogens with two attached hydrogens (primary N) is 1. The van der Waals surface area contributed by atoms with Crippen LogP contribution >= 0.6 is 7.80 Å². The van der Waals surface area contributed by atoms with E-state index in [4.69, 9.17) is 15.9 Å². The van der Waals surface area contributed by atoms with Gasteiger partial charge < -0.3 is 20.5 Å². The number of rotatable bonds is 5. The summed E-state index contributed by atoms with van der Waals surface area (Å²) in [6.07, 6.45) is -0.378. The number of aliphatic carboxylic acids is 1. The molecule has 0 aliphatic heterocycles. The molecule has 2 atom stereocenters. The van der Waals surface area contributed by atoms with E-state index >= 15 is 0 Å². The van der Waals surface area contributed by atoms with E-state index in [0.29, 0.717) is 0 Å². The second-order valence-electron chi connectivity index (χ2n) is 2.16. The molecule has 11 heavy (non-hydrogen) atoms. The van der Waals surface area contributed by atoms with Crippen LogP contribution in [0.4, 0.5) is 0 Å². The van der Waals surface area contributed by atoms with Crippen molar-refractivity contribution < 1.29 is 19.6 Å². The Labute approximate surface area is 65.0 Å². The summed E-state index contributed by atoms with van der Waals surface area (Å²) in [4.78, 5) is 10.0. The van der Waals surface area contributed by atoms with Crippen molar-refractivity contribution in [2.24, 2.45) is 5.73 Å². The van der Waals surface area contributed by atoms with Gasteiger partial charge >= 0.3 is 5.97 Å². The number of hydrogen-bond donors (Lipinski definition) is 3. The molecule has 0 heterocycles. The van der Waals surface area contributed by atoms with Crippen molar-refractivity contribution in [2.75, 3.05) is 6.35 Å². The van der Waals surface area contributed by atoms with E-state index in [1.807, 2.05) is 0 Å². The first-order valence-corrected chi connectivity index (χ1v) is 4.88. The van der Waals surface area contributed by atoms with Crippen LogP contribution in [0, 0.1) is 0 Å². The van der Waals surface area contributed by atoms with Gasteiger partial charge in [-0.15, -0.1) is 0 Å². The zero-order chi connectivity index (χ0) is 8.85. The molecular formula is C5H12NO4P. The number of hydrogen-bond acceptors (Lipinski definition) is 4. The van der Waals surface area contributed by atoms with E-state index in [-0.39, 0.29) is 12.8 Å². The minimum Gasteiger partial charge on any atom is -0.481 e. The molecule has 0 aromatic heterocycles. The van der Waals surface area contributed by atoms with Gasteiger partial charge in [-0.3, -0.25) is 4.79 Å². The molecule has 0 spiro atoms. The molecule has 6 heteroatoms. The van der Waals surface area contributed by atoms with Crippen LogP contribution in [0.25, 0.3) is 0 Å². The van der Waals surface area contributed by atoms with E-state index in [1.54, 1.807) is 0 Å². The summed E-state index contributed by atoms with van der Waals surface area (Å²) < 4.78 is 10.7. The lowest BCUT2D eigenvalue weighted by Crippen LogP contribution is -2.17. The first-order chi connectivity index (χ1) is 5.07. The van der Waals surface area contributed by atoms with E-state index in [1.165, 1.54) is 0 Å². The predicted octanol–water partition coefficient (Wildman–Crippen LogP) is -0.354. The van der Waals surface area contributed by atoms with Crippen LogP contribution in [-0.2, 0) is 9.36 Å². The van der Waals surface area contributed by atoms with Gasteiger partial charge in [0, 0.05) is 6.42 Å². The van der Waals surface area contributed by atoms with Gasteiger partial charge in [0.05, 0.1) is 12.1 Å². The fraction of sp³-hybridized carbons (Fsp3) is 0.800. The number of carboxylic acid groups (broad SMARTS) is 1.